The van der Waals surface area contributed by atoms with E-state index in [1.54, 1.807) is 11.3 Å². The molecule has 1 aliphatic carbocycles. The fraction of sp³-hybridized carbons (Fsp3) is 0.250. The van der Waals surface area contributed by atoms with Crippen LogP contribution in [0.4, 0.5) is 0 Å². The van der Waals surface area contributed by atoms with Crippen LogP contribution >= 0.6 is 33.9 Å². The molecule has 1 heterocycles. The number of nitrogens with zero attached hydrogens (tertiary/aromatic N) is 2. The highest BCUT2D eigenvalue weighted by atomic mass is 127. The molecule has 2 aromatic rings. The lowest BCUT2D eigenvalue weighted by molar-refractivity contribution is 0.886. The summed E-state index contributed by atoms with van der Waals surface area (Å²) < 4.78 is 1.22. The molecule has 100 valence electrons. The number of thiazole rings is 1. The van der Waals surface area contributed by atoms with Gasteiger partial charge in [0.25, 0.3) is 0 Å². The Morgan fingerprint density at radius 3 is 2.55 bits per heavy atom. The van der Waals surface area contributed by atoms with E-state index in [0.29, 0.717) is 0 Å². The first-order valence-corrected chi connectivity index (χ1v) is 8.58. The van der Waals surface area contributed by atoms with Gasteiger partial charge in [-0.05, 0) is 66.0 Å². The van der Waals surface area contributed by atoms with Gasteiger partial charge in [-0.15, -0.1) is 11.3 Å². The molecule has 0 bridgehead atoms. The highest BCUT2D eigenvalue weighted by molar-refractivity contribution is 14.1. The van der Waals surface area contributed by atoms with E-state index < -0.39 is 0 Å². The van der Waals surface area contributed by atoms with Gasteiger partial charge in [-0.3, -0.25) is 0 Å². The van der Waals surface area contributed by atoms with Crippen molar-refractivity contribution in [2.24, 2.45) is 0 Å². The molecular formula is C16H13IN2S. The quantitative estimate of drug-likeness (QED) is 0.516. The Balaban J connectivity index is 1.96. The van der Waals surface area contributed by atoms with Crippen LogP contribution in [0.15, 0.2) is 35.2 Å². The smallest absolute Gasteiger partial charge is 0.134 e. The Morgan fingerprint density at radius 2 is 1.90 bits per heavy atom. The van der Waals surface area contributed by atoms with Gasteiger partial charge in [0.15, 0.2) is 0 Å². The minimum Gasteiger partial charge on any atom is -0.235 e. The van der Waals surface area contributed by atoms with Crippen molar-refractivity contribution >= 4 is 39.5 Å². The average molecular weight is 392 g/mol. The van der Waals surface area contributed by atoms with Crippen LogP contribution in [-0.2, 0) is 0 Å². The minimum absolute atomic E-state index is 0.810. The largest absolute Gasteiger partial charge is 0.235 e. The van der Waals surface area contributed by atoms with Crippen LogP contribution in [0.25, 0.3) is 16.8 Å². The Morgan fingerprint density at radius 1 is 1.20 bits per heavy atom. The second kappa shape index (κ2) is 6.06. The fourth-order valence-electron chi connectivity index (χ4n) is 2.47. The zero-order valence-electron chi connectivity index (χ0n) is 10.9. The third-order valence-electron chi connectivity index (χ3n) is 3.53. The monoisotopic (exact) mass is 392 g/mol. The molecule has 1 aliphatic rings. The number of halogens is 1. The molecule has 0 unspecified atom stereocenters. The van der Waals surface area contributed by atoms with Crippen LogP contribution in [0.2, 0.25) is 0 Å². The van der Waals surface area contributed by atoms with Gasteiger partial charge in [-0.2, -0.15) is 5.26 Å². The molecule has 1 aromatic carbocycles. The molecule has 0 spiro atoms. The molecule has 0 radical (unpaired) electrons. The summed E-state index contributed by atoms with van der Waals surface area (Å²) >= 11 is 3.87. The van der Waals surface area contributed by atoms with E-state index in [2.05, 4.69) is 57.9 Å². The van der Waals surface area contributed by atoms with Gasteiger partial charge in [0.1, 0.15) is 11.1 Å². The Labute approximate surface area is 136 Å². The molecule has 1 aromatic heterocycles. The maximum atomic E-state index is 9.41. The van der Waals surface area contributed by atoms with Crippen LogP contribution in [-0.4, -0.2) is 4.98 Å². The minimum atomic E-state index is 0.810. The lowest BCUT2D eigenvalue weighted by Crippen LogP contribution is -1.86. The molecule has 20 heavy (non-hydrogen) atoms. The summed E-state index contributed by atoms with van der Waals surface area (Å²) in [6.07, 6.45) is 4.52. The van der Waals surface area contributed by atoms with Crippen LogP contribution in [0, 0.1) is 14.9 Å². The number of benzene rings is 1. The predicted molar refractivity (Wildman–Crippen MR) is 91.3 cm³/mol. The highest BCUT2D eigenvalue weighted by Gasteiger charge is 2.17. The number of allylic oxidation sites excluding steroid dienone is 2. The maximum absolute atomic E-state index is 9.41. The van der Waals surface area contributed by atoms with Gasteiger partial charge in [-0.1, -0.05) is 12.1 Å². The maximum Gasteiger partial charge on any atom is 0.134 e. The molecule has 1 saturated carbocycles. The lowest BCUT2D eigenvalue weighted by atomic mass is 10.1. The van der Waals surface area contributed by atoms with Crippen molar-refractivity contribution < 1.29 is 0 Å². The van der Waals surface area contributed by atoms with Gasteiger partial charge in [0, 0.05) is 14.5 Å². The van der Waals surface area contributed by atoms with E-state index >= 15 is 0 Å². The van der Waals surface area contributed by atoms with Crippen molar-refractivity contribution in [2.45, 2.75) is 25.7 Å². The second-order valence-corrected chi connectivity index (χ2v) is 6.95. The molecule has 0 amide bonds. The number of rotatable bonds is 2. The first-order valence-electron chi connectivity index (χ1n) is 6.62. The summed E-state index contributed by atoms with van der Waals surface area (Å²) in [5.74, 6) is 0. The van der Waals surface area contributed by atoms with Gasteiger partial charge in [0.2, 0.25) is 0 Å². The SMILES string of the molecule is N#CC(=C1CCCC1)c1nc(-c2ccc(I)cc2)cs1. The molecular weight excluding hydrogens is 379 g/mol. The molecule has 0 atom stereocenters. The van der Waals surface area contributed by atoms with E-state index in [1.807, 2.05) is 5.38 Å². The average Bonchev–Trinajstić information content (AvgIpc) is 3.12. The topological polar surface area (TPSA) is 36.7 Å². The molecule has 0 aliphatic heterocycles. The van der Waals surface area contributed by atoms with Crippen molar-refractivity contribution in [1.29, 1.82) is 5.26 Å². The van der Waals surface area contributed by atoms with Crippen LogP contribution in [0.3, 0.4) is 0 Å². The standard InChI is InChI=1S/C16H13IN2S/c17-13-7-5-12(6-8-13)15-10-20-16(19-15)14(9-18)11-3-1-2-4-11/h5-8,10H,1-4H2. The molecule has 4 heteroatoms. The molecule has 1 fully saturated rings. The van der Waals surface area contributed by atoms with E-state index in [-0.39, 0.29) is 0 Å². The van der Waals surface area contributed by atoms with Crippen molar-refractivity contribution in [1.82, 2.24) is 4.98 Å². The lowest BCUT2D eigenvalue weighted by Gasteiger charge is -1.99. The highest BCUT2D eigenvalue weighted by Crippen LogP contribution is 2.34. The van der Waals surface area contributed by atoms with Crippen LogP contribution < -0.4 is 0 Å². The van der Waals surface area contributed by atoms with E-state index in [4.69, 9.17) is 0 Å². The summed E-state index contributed by atoms with van der Waals surface area (Å²) in [5.41, 5.74) is 4.18. The van der Waals surface area contributed by atoms with E-state index in [0.717, 1.165) is 34.7 Å². The Hall–Kier alpha value is -1.19. The van der Waals surface area contributed by atoms with E-state index in [1.165, 1.54) is 22.0 Å². The zero-order chi connectivity index (χ0) is 13.9. The number of hydrogen-bond donors (Lipinski definition) is 0. The second-order valence-electron chi connectivity index (χ2n) is 4.84. The third-order valence-corrected chi connectivity index (χ3v) is 5.11. The summed E-state index contributed by atoms with van der Waals surface area (Å²) in [4.78, 5) is 4.66. The molecule has 2 nitrogen and oxygen atoms in total. The predicted octanol–water partition coefficient (Wildman–Crippen LogP) is 5.27. The van der Waals surface area contributed by atoms with Crippen molar-refractivity contribution in [3.05, 3.63) is 43.8 Å². The first-order chi connectivity index (χ1) is 9.78. The van der Waals surface area contributed by atoms with Gasteiger partial charge in [0.05, 0.1) is 11.3 Å². The Kier molecular flexibility index (Phi) is 4.18. The molecule has 3 rings (SSSR count). The van der Waals surface area contributed by atoms with Crippen molar-refractivity contribution in [3.8, 4) is 17.3 Å². The van der Waals surface area contributed by atoms with Crippen molar-refractivity contribution in [2.75, 3.05) is 0 Å². The third kappa shape index (κ3) is 2.79. The van der Waals surface area contributed by atoms with E-state index in [9.17, 15) is 5.26 Å². The fourth-order valence-corrected chi connectivity index (χ4v) is 3.70. The number of hydrogen-bond acceptors (Lipinski definition) is 3. The number of nitriles is 1. The summed E-state index contributed by atoms with van der Waals surface area (Å²) in [5, 5.41) is 12.3. The van der Waals surface area contributed by atoms with Gasteiger partial charge < -0.3 is 0 Å². The normalized spacial score (nSPS) is 14.3. The number of aromatic nitrogens is 1. The Bertz CT molecular complexity index is 684. The molecule has 0 saturated heterocycles. The van der Waals surface area contributed by atoms with Crippen LogP contribution in [0.5, 0.6) is 0 Å². The summed E-state index contributed by atoms with van der Waals surface area (Å²) in [6, 6.07) is 10.7. The van der Waals surface area contributed by atoms with Gasteiger partial charge >= 0.3 is 0 Å². The van der Waals surface area contributed by atoms with Crippen LogP contribution in [0.1, 0.15) is 30.7 Å². The summed E-state index contributed by atoms with van der Waals surface area (Å²) in [6.45, 7) is 0. The van der Waals surface area contributed by atoms with Gasteiger partial charge in [-0.25, -0.2) is 4.98 Å². The zero-order valence-corrected chi connectivity index (χ0v) is 13.9. The van der Waals surface area contributed by atoms with Crippen molar-refractivity contribution in [3.63, 3.8) is 0 Å². The molecule has 0 N–H and O–H groups in total. The summed E-state index contributed by atoms with van der Waals surface area (Å²) in [7, 11) is 0. The first kappa shape index (κ1) is 13.8.